The van der Waals surface area contributed by atoms with Crippen molar-refractivity contribution in [2.75, 3.05) is 33.4 Å². The lowest BCUT2D eigenvalue weighted by Crippen LogP contribution is -2.37. The second-order valence-electron chi connectivity index (χ2n) is 7.76. The Morgan fingerprint density at radius 3 is 2.66 bits per heavy atom. The van der Waals surface area contributed by atoms with E-state index in [1.807, 2.05) is 42.3 Å². The summed E-state index contributed by atoms with van der Waals surface area (Å²) in [6.45, 7) is 3.38. The normalized spacial score (nSPS) is 19.0. The number of likely N-dealkylation sites (tertiary alicyclic amines) is 1. The fraction of sp³-hybridized carbons (Fsp3) is 0.435. The molecule has 0 N–H and O–H groups in total. The molecule has 2 aromatic carbocycles. The minimum atomic E-state index is 0.147. The predicted molar refractivity (Wildman–Crippen MR) is 116 cm³/mol. The highest BCUT2D eigenvalue weighted by Gasteiger charge is 2.29. The summed E-state index contributed by atoms with van der Waals surface area (Å²) in [5, 5.41) is 0. The van der Waals surface area contributed by atoms with Crippen LogP contribution in [-0.2, 0) is 11.3 Å². The maximum absolute atomic E-state index is 12.9. The molecule has 1 fully saturated rings. The van der Waals surface area contributed by atoms with Crippen LogP contribution >= 0.6 is 15.9 Å². The quantitative estimate of drug-likeness (QED) is 0.665. The lowest BCUT2D eigenvalue weighted by molar-refractivity contribution is -0.131. The molecular weight excluding hydrogens is 432 g/mol. The Labute approximate surface area is 180 Å². The number of likely N-dealkylation sites (N-methyl/N-ethyl adjacent to an activating group) is 1. The van der Waals surface area contributed by atoms with Crippen LogP contribution in [0.25, 0.3) is 0 Å². The van der Waals surface area contributed by atoms with Crippen molar-refractivity contribution in [3.63, 3.8) is 0 Å². The van der Waals surface area contributed by atoms with E-state index in [-0.39, 0.29) is 11.9 Å². The SMILES string of the molecule is CN(Cc1ccc(Br)cc1)C(=O)CN1CCC[C@H]1c1ccc2c(c1)OCCCO2. The molecule has 4 rings (SSSR count). The number of carbonyl (C=O) groups excluding carboxylic acids is 1. The molecule has 0 aliphatic carbocycles. The highest BCUT2D eigenvalue weighted by molar-refractivity contribution is 9.10. The first kappa shape index (κ1) is 20.2. The van der Waals surface area contributed by atoms with E-state index in [1.54, 1.807) is 0 Å². The second-order valence-corrected chi connectivity index (χ2v) is 8.68. The fourth-order valence-electron chi connectivity index (χ4n) is 4.03. The van der Waals surface area contributed by atoms with E-state index in [0.29, 0.717) is 26.3 Å². The van der Waals surface area contributed by atoms with Crippen LogP contribution in [0.5, 0.6) is 11.5 Å². The number of hydrogen-bond acceptors (Lipinski definition) is 4. The molecule has 0 radical (unpaired) electrons. The first-order chi connectivity index (χ1) is 14.1. The van der Waals surface area contributed by atoms with Gasteiger partial charge in [-0.1, -0.05) is 34.1 Å². The molecule has 2 aromatic rings. The summed E-state index contributed by atoms with van der Waals surface area (Å²) < 4.78 is 12.7. The van der Waals surface area contributed by atoms with Gasteiger partial charge in [0.15, 0.2) is 11.5 Å². The molecule has 154 valence electrons. The summed E-state index contributed by atoms with van der Waals surface area (Å²) in [7, 11) is 1.88. The van der Waals surface area contributed by atoms with Gasteiger partial charge in [-0.15, -0.1) is 0 Å². The van der Waals surface area contributed by atoms with Gasteiger partial charge in [0, 0.05) is 30.5 Å². The third kappa shape index (κ3) is 4.93. The zero-order valence-corrected chi connectivity index (χ0v) is 18.4. The number of halogens is 1. The molecule has 1 atom stereocenters. The van der Waals surface area contributed by atoms with Gasteiger partial charge in [0.25, 0.3) is 0 Å². The van der Waals surface area contributed by atoms with Crippen molar-refractivity contribution in [1.29, 1.82) is 0 Å². The second kappa shape index (κ2) is 9.18. The summed E-state index contributed by atoms with van der Waals surface area (Å²) in [6, 6.07) is 14.6. The number of fused-ring (bicyclic) bond motifs is 1. The van der Waals surface area contributed by atoms with E-state index in [2.05, 4.69) is 33.0 Å². The van der Waals surface area contributed by atoms with Crippen LogP contribution in [0.3, 0.4) is 0 Å². The molecule has 0 saturated carbocycles. The predicted octanol–water partition coefficient (Wildman–Crippen LogP) is 4.41. The van der Waals surface area contributed by atoms with Gasteiger partial charge in [-0.25, -0.2) is 0 Å². The fourth-order valence-corrected chi connectivity index (χ4v) is 4.29. The lowest BCUT2D eigenvalue weighted by Gasteiger charge is -2.27. The summed E-state index contributed by atoms with van der Waals surface area (Å²) in [4.78, 5) is 17.0. The molecule has 5 nitrogen and oxygen atoms in total. The Bertz CT molecular complexity index is 856. The number of rotatable bonds is 5. The Hall–Kier alpha value is -2.05. The zero-order chi connectivity index (χ0) is 20.2. The molecule has 2 aliphatic rings. The third-order valence-corrected chi connectivity index (χ3v) is 6.15. The van der Waals surface area contributed by atoms with Crippen LogP contribution in [-0.4, -0.2) is 49.1 Å². The minimum Gasteiger partial charge on any atom is -0.490 e. The summed E-state index contributed by atoms with van der Waals surface area (Å²) >= 11 is 3.45. The first-order valence-electron chi connectivity index (χ1n) is 10.2. The molecule has 0 bridgehead atoms. The molecular formula is C23H27BrN2O3. The molecule has 0 spiro atoms. The van der Waals surface area contributed by atoms with Gasteiger partial charge < -0.3 is 14.4 Å². The number of ether oxygens (including phenoxy) is 2. The smallest absolute Gasteiger partial charge is 0.236 e. The standard InChI is InChI=1S/C23H27BrN2O3/c1-25(15-17-5-8-19(24)9-6-17)23(27)16-26-11-2-4-20(26)18-7-10-21-22(14-18)29-13-3-12-28-21/h5-10,14,20H,2-4,11-13,15-16H2,1H3/t20-/m0/s1. The highest BCUT2D eigenvalue weighted by Crippen LogP contribution is 2.37. The molecule has 2 heterocycles. The van der Waals surface area contributed by atoms with Gasteiger partial charge in [0.2, 0.25) is 5.91 Å². The Morgan fingerprint density at radius 1 is 1.10 bits per heavy atom. The van der Waals surface area contributed by atoms with Crippen molar-refractivity contribution in [3.8, 4) is 11.5 Å². The van der Waals surface area contributed by atoms with Crippen LogP contribution in [0.15, 0.2) is 46.9 Å². The minimum absolute atomic E-state index is 0.147. The third-order valence-electron chi connectivity index (χ3n) is 5.62. The average Bonchev–Trinajstić information content (AvgIpc) is 3.05. The zero-order valence-electron chi connectivity index (χ0n) is 16.8. The number of amides is 1. The van der Waals surface area contributed by atoms with Crippen molar-refractivity contribution in [2.24, 2.45) is 0 Å². The van der Waals surface area contributed by atoms with Crippen LogP contribution < -0.4 is 9.47 Å². The van der Waals surface area contributed by atoms with Crippen LogP contribution in [0.2, 0.25) is 0 Å². The van der Waals surface area contributed by atoms with Crippen molar-refractivity contribution in [3.05, 3.63) is 58.1 Å². The van der Waals surface area contributed by atoms with Gasteiger partial charge in [-0.2, -0.15) is 0 Å². The summed E-state index contributed by atoms with van der Waals surface area (Å²) in [5.74, 6) is 1.79. The van der Waals surface area contributed by atoms with E-state index in [9.17, 15) is 4.79 Å². The Morgan fingerprint density at radius 2 is 1.86 bits per heavy atom. The van der Waals surface area contributed by atoms with Crippen LogP contribution in [0, 0.1) is 0 Å². The largest absolute Gasteiger partial charge is 0.490 e. The summed E-state index contributed by atoms with van der Waals surface area (Å²) in [5.41, 5.74) is 2.33. The Kier molecular flexibility index (Phi) is 6.40. The van der Waals surface area contributed by atoms with Gasteiger partial charge in [-0.05, 0) is 54.8 Å². The molecule has 0 aromatic heterocycles. The molecule has 1 amide bonds. The number of benzene rings is 2. The van der Waals surface area contributed by atoms with E-state index in [0.717, 1.165) is 47.3 Å². The topological polar surface area (TPSA) is 42.0 Å². The van der Waals surface area contributed by atoms with E-state index >= 15 is 0 Å². The van der Waals surface area contributed by atoms with E-state index in [4.69, 9.17) is 9.47 Å². The van der Waals surface area contributed by atoms with Crippen molar-refractivity contribution < 1.29 is 14.3 Å². The molecule has 2 aliphatic heterocycles. The number of nitrogens with zero attached hydrogens (tertiary/aromatic N) is 2. The van der Waals surface area contributed by atoms with Gasteiger partial charge in [0.1, 0.15) is 0 Å². The number of hydrogen-bond donors (Lipinski definition) is 0. The maximum atomic E-state index is 12.9. The van der Waals surface area contributed by atoms with E-state index < -0.39 is 0 Å². The lowest BCUT2D eigenvalue weighted by atomic mass is 10.0. The Balaban J connectivity index is 1.41. The maximum Gasteiger partial charge on any atom is 0.236 e. The van der Waals surface area contributed by atoms with Crippen LogP contribution in [0.1, 0.15) is 36.4 Å². The highest BCUT2D eigenvalue weighted by atomic mass is 79.9. The van der Waals surface area contributed by atoms with Gasteiger partial charge in [0.05, 0.1) is 19.8 Å². The van der Waals surface area contributed by atoms with Crippen LogP contribution in [0.4, 0.5) is 0 Å². The first-order valence-corrected chi connectivity index (χ1v) is 11.0. The van der Waals surface area contributed by atoms with E-state index in [1.165, 1.54) is 5.56 Å². The van der Waals surface area contributed by atoms with Crippen molar-refractivity contribution in [1.82, 2.24) is 9.80 Å². The van der Waals surface area contributed by atoms with Crippen molar-refractivity contribution in [2.45, 2.75) is 31.8 Å². The molecule has 6 heteroatoms. The number of carbonyl (C=O) groups is 1. The monoisotopic (exact) mass is 458 g/mol. The molecule has 0 unspecified atom stereocenters. The molecule has 1 saturated heterocycles. The van der Waals surface area contributed by atoms with Crippen molar-refractivity contribution >= 4 is 21.8 Å². The van der Waals surface area contributed by atoms with Gasteiger partial charge in [-0.3, -0.25) is 9.69 Å². The summed E-state index contributed by atoms with van der Waals surface area (Å²) in [6.07, 6.45) is 3.06. The molecule has 29 heavy (non-hydrogen) atoms. The van der Waals surface area contributed by atoms with Gasteiger partial charge >= 0.3 is 0 Å². The average molecular weight is 459 g/mol.